The van der Waals surface area contributed by atoms with Crippen molar-refractivity contribution in [3.8, 4) is 0 Å². The highest BCUT2D eigenvalue weighted by Crippen LogP contribution is 2.65. The van der Waals surface area contributed by atoms with Crippen LogP contribution in [-0.4, -0.2) is 45.0 Å². The van der Waals surface area contributed by atoms with E-state index in [1.54, 1.807) is 0 Å². The van der Waals surface area contributed by atoms with E-state index in [0.717, 1.165) is 22.5 Å². The van der Waals surface area contributed by atoms with E-state index in [-0.39, 0.29) is 38.7 Å². The number of carbonyl (C=O) groups excluding carboxylic acids is 4. The zero-order chi connectivity index (χ0) is 26.2. The Bertz CT molecular complexity index is 1410. The summed E-state index contributed by atoms with van der Waals surface area (Å²) in [5.74, 6) is -3.07. The molecule has 7 rings (SSSR count). The van der Waals surface area contributed by atoms with Crippen LogP contribution in [0, 0.1) is 45.6 Å². The number of rotatable bonds is 6. The van der Waals surface area contributed by atoms with Crippen molar-refractivity contribution in [3.63, 3.8) is 0 Å². The Morgan fingerprint density at radius 2 is 1.59 bits per heavy atom. The average Bonchev–Trinajstić information content (AvgIpc) is 3.67. The molecule has 37 heavy (non-hydrogen) atoms. The predicted molar refractivity (Wildman–Crippen MR) is 131 cm³/mol. The minimum atomic E-state index is -0.789. The summed E-state index contributed by atoms with van der Waals surface area (Å²) in [6, 6.07) is 9.16. The first-order chi connectivity index (χ1) is 17.7. The maximum atomic E-state index is 13.7. The molecule has 0 spiro atoms. The molecule has 9 nitrogen and oxygen atoms in total. The molecule has 11 heteroatoms. The fraction of sp³-hybridized carbons (Fsp3) is 0.308. The minimum absolute atomic E-state index is 0.0272. The normalized spacial score (nSPS) is 28.6. The van der Waals surface area contributed by atoms with Crippen molar-refractivity contribution in [2.24, 2.45) is 35.5 Å². The molecule has 1 aliphatic heterocycles. The SMILES string of the molecule is O=C(CN(C(=O)c1ccc(Cl)c(Cl)c1)N1C(=O)[C@@H]2[C@H]3C=C[C@@H]([C@@H]4C[C@H]34)[C@H]2C1=O)c1cccc([N+](=O)[O-])c1. The summed E-state index contributed by atoms with van der Waals surface area (Å²) in [6.07, 6.45) is 5.00. The number of nitro benzene ring substituents is 1. The van der Waals surface area contributed by atoms with E-state index in [1.807, 2.05) is 12.2 Å². The lowest BCUT2D eigenvalue weighted by molar-refractivity contribution is -0.384. The number of imide groups is 1. The standard InChI is InChI=1S/C26H19Cl2N3O6/c27-19-7-4-13(9-20(19)28)24(33)29(11-21(32)12-2-1-3-14(8-12)31(36)37)30-25(34)22-15-5-6-16(18-10-17(15)18)23(22)26(30)35/h1-9,15-18,22-23H,10-11H2/t15-,16-,17-,18+,22+,23+/m0/s1. The largest absolute Gasteiger partial charge is 0.292 e. The highest BCUT2D eigenvalue weighted by molar-refractivity contribution is 6.42. The number of hydrogen-bond donors (Lipinski definition) is 0. The summed E-state index contributed by atoms with van der Waals surface area (Å²) in [7, 11) is 0. The highest BCUT2D eigenvalue weighted by Gasteiger charge is 2.68. The van der Waals surface area contributed by atoms with Gasteiger partial charge in [-0.2, -0.15) is 5.01 Å². The number of carbonyl (C=O) groups is 4. The van der Waals surface area contributed by atoms with E-state index in [0.29, 0.717) is 11.8 Å². The number of hydrazine groups is 1. The monoisotopic (exact) mass is 539 g/mol. The van der Waals surface area contributed by atoms with Gasteiger partial charge in [0.05, 0.1) is 26.8 Å². The van der Waals surface area contributed by atoms with Crippen LogP contribution in [0.15, 0.2) is 54.6 Å². The fourth-order valence-corrected chi connectivity index (χ4v) is 6.51. The van der Waals surface area contributed by atoms with Crippen molar-refractivity contribution in [3.05, 3.63) is 85.9 Å². The molecule has 3 fully saturated rings. The molecule has 3 amide bonds. The van der Waals surface area contributed by atoms with Gasteiger partial charge in [-0.15, -0.1) is 0 Å². The summed E-state index contributed by atoms with van der Waals surface area (Å²) in [6.45, 7) is -0.674. The van der Waals surface area contributed by atoms with Crippen molar-refractivity contribution in [1.29, 1.82) is 0 Å². The van der Waals surface area contributed by atoms with Gasteiger partial charge in [0.15, 0.2) is 5.78 Å². The van der Waals surface area contributed by atoms with E-state index in [2.05, 4.69) is 0 Å². The maximum Gasteiger partial charge on any atom is 0.273 e. The van der Waals surface area contributed by atoms with Gasteiger partial charge in [-0.3, -0.25) is 29.3 Å². The molecule has 2 aromatic carbocycles. The molecular weight excluding hydrogens is 521 g/mol. The first-order valence-corrected chi connectivity index (χ1v) is 12.5. The molecule has 2 aromatic rings. The number of halogens is 2. The first kappa shape index (κ1) is 23.8. The Labute approximate surface area is 220 Å². The van der Waals surface area contributed by atoms with Crippen molar-refractivity contribution in [1.82, 2.24) is 10.0 Å². The molecule has 1 heterocycles. The van der Waals surface area contributed by atoms with Crippen molar-refractivity contribution in [2.75, 3.05) is 6.54 Å². The molecule has 6 atom stereocenters. The van der Waals surface area contributed by atoms with E-state index in [9.17, 15) is 29.3 Å². The van der Waals surface area contributed by atoms with Crippen LogP contribution in [0.1, 0.15) is 27.1 Å². The van der Waals surface area contributed by atoms with Gasteiger partial charge < -0.3 is 0 Å². The minimum Gasteiger partial charge on any atom is -0.292 e. The van der Waals surface area contributed by atoms with E-state index >= 15 is 0 Å². The van der Waals surface area contributed by atoms with Crippen molar-refractivity contribution >= 4 is 52.4 Å². The third kappa shape index (κ3) is 3.67. The molecular formula is C26H19Cl2N3O6. The van der Waals surface area contributed by atoms with Crippen LogP contribution in [0.4, 0.5) is 5.69 Å². The predicted octanol–water partition coefficient (Wildman–Crippen LogP) is 4.19. The summed E-state index contributed by atoms with van der Waals surface area (Å²) in [4.78, 5) is 64.9. The van der Waals surface area contributed by atoms with Crippen LogP contribution in [0.25, 0.3) is 0 Å². The average molecular weight is 540 g/mol. The fourth-order valence-electron chi connectivity index (χ4n) is 6.21. The number of amides is 3. The van der Waals surface area contributed by atoms with Gasteiger partial charge >= 0.3 is 0 Å². The molecule has 0 unspecified atom stereocenters. The van der Waals surface area contributed by atoms with E-state index < -0.39 is 46.8 Å². The molecule has 5 aliphatic rings. The number of ketones is 1. The number of Topliss-reactive ketones (excluding diaryl/α,β-unsaturated/α-hetero) is 1. The number of nitrogens with zero attached hydrogens (tertiary/aromatic N) is 3. The topological polar surface area (TPSA) is 118 Å². The summed E-state index contributed by atoms with van der Waals surface area (Å²) < 4.78 is 0. The number of nitro groups is 1. The Balaban J connectivity index is 1.37. The molecule has 2 saturated carbocycles. The van der Waals surface area contributed by atoms with Crippen LogP contribution in [-0.2, 0) is 9.59 Å². The summed E-state index contributed by atoms with van der Waals surface area (Å²) >= 11 is 12.1. The lowest BCUT2D eigenvalue weighted by Crippen LogP contribution is -2.52. The number of non-ortho nitro benzene ring substituents is 1. The van der Waals surface area contributed by atoms with Crippen LogP contribution >= 0.6 is 23.2 Å². The number of benzene rings is 2. The van der Waals surface area contributed by atoms with E-state index in [4.69, 9.17) is 23.2 Å². The van der Waals surface area contributed by atoms with Crippen LogP contribution in [0.5, 0.6) is 0 Å². The van der Waals surface area contributed by atoms with Crippen LogP contribution < -0.4 is 0 Å². The Hall–Kier alpha value is -3.56. The molecule has 188 valence electrons. The molecule has 0 radical (unpaired) electrons. The van der Waals surface area contributed by atoms with Crippen LogP contribution in [0.3, 0.4) is 0 Å². The zero-order valence-corrected chi connectivity index (χ0v) is 20.6. The molecule has 1 saturated heterocycles. The molecule has 4 aliphatic carbocycles. The van der Waals surface area contributed by atoms with Gasteiger partial charge in [0, 0.05) is 23.3 Å². The third-order valence-electron chi connectivity index (χ3n) is 7.95. The third-order valence-corrected chi connectivity index (χ3v) is 8.69. The number of hydrogen-bond acceptors (Lipinski definition) is 6. The molecule has 0 aromatic heterocycles. The smallest absolute Gasteiger partial charge is 0.273 e. The van der Waals surface area contributed by atoms with Crippen molar-refractivity contribution < 1.29 is 24.1 Å². The second-order valence-electron chi connectivity index (χ2n) is 9.87. The van der Waals surface area contributed by atoms with Gasteiger partial charge in [-0.05, 0) is 48.3 Å². The van der Waals surface area contributed by atoms with Gasteiger partial charge in [-0.1, -0.05) is 47.5 Å². The summed E-state index contributed by atoms with van der Waals surface area (Å²) in [5, 5.41) is 13.1. The van der Waals surface area contributed by atoms with E-state index in [1.165, 1.54) is 36.4 Å². The lowest BCUT2D eigenvalue weighted by atomic mass is 9.63. The maximum absolute atomic E-state index is 13.7. The summed E-state index contributed by atoms with van der Waals surface area (Å²) in [5.41, 5.74) is -0.296. The number of allylic oxidation sites excluding steroid dienone is 2. The zero-order valence-electron chi connectivity index (χ0n) is 19.1. The van der Waals surface area contributed by atoms with Crippen LogP contribution in [0.2, 0.25) is 10.0 Å². The quantitative estimate of drug-likeness (QED) is 0.178. The second kappa shape index (κ2) is 8.49. The second-order valence-corrected chi connectivity index (χ2v) is 10.7. The molecule has 0 N–H and O–H groups in total. The van der Waals surface area contributed by atoms with Crippen molar-refractivity contribution in [2.45, 2.75) is 6.42 Å². The first-order valence-electron chi connectivity index (χ1n) is 11.8. The van der Waals surface area contributed by atoms with Gasteiger partial charge in [-0.25, -0.2) is 5.01 Å². The van der Waals surface area contributed by atoms with Gasteiger partial charge in [0.25, 0.3) is 23.4 Å². The highest BCUT2D eigenvalue weighted by atomic mass is 35.5. The Morgan fingerprint density at radius 1 is 0.946 bits per heavy atom. The molecule has 2 bridgehead atoms. The Kier molecular flexibility index (Phi) is 5.47. The van der Waals surface area contributed by atoms with Gasteiger partial charge in [0.2, 0.25) is 0 Å². The van der Waals surface area contributed by atoms with Gasteiger partial charge in [0.1, 0.15) is 6.54 Å². The lowest BCUT2D eigenvalue weighted by Gasteiger charge is -2.37. The Morgan fingerprint density at radius 3 is 2.19 bits per heavy atom.